The lowest BCUT2D eigenvalue weighted by molar-refractivity contribution is -0.123. The maximum Gasteiger partial charge on any atom is 0.338 e. The lowest BCUT2D eigenvalue weighted by Crippen LogP contribution is -2.21. The highest BCUT2D eigenvalue weighted by Crippen LogP contribution is 2.25. The van der Waals surface area contributed by atoms with Gasteiger partial charge in [0.2, 0.25) is 11.8 Å². The number of carbonyl (C=O) groups excluding carboxylic acids is 3. The van der Waals surface area contributed by atoms with Gasteiger partial charge in [-0.25, -0.2) is 4.79 Å². The van der Waals surface area contributed by atoms with Crippen LogP contribution in [0.5, 0.6) is 0 Å². The molecule has 2 amide bonds. The Morgan fingerprint density at radius 1 is 0.885 bits per heavy atom. The smallest absolute Gasteiger partial charge is 0.338 e. The summed E-state index contributed by atoms with van der Waals surface area (Å²) in [5.74, 6) is -1.43. The molecular weight excluding hydrogens is 379 g/mol. The maximum absolute atomic E-state index is 11.9. The van der Waals surface area contributed by atoms with Gasteiger partial charge in [-0.3, -0.25) is 9.59 Å². The van der Waals surface area contributed by atoms with Gasteiger partial charge in [-0.05, 0) is 49.4 Å². The molecule has 6 nitrogen and oxygen atoms in total. The third-order valence-electron chi connectivity index (χ3n) is 3.20. The SMILES string of the molecule is CCOC(=O)c1ccc(NC(=O)CC(=O)Nc2ccc(Cl)c(Cl)c2)cc1. The quantitative estimate of drug-likeness (QED) is 0.569. The first kappa shape index (κ1) is 19.8. The first-order chi connectivity index (χ1) is 12.4. The number of rotatable bonds is 6. The maximum atomic E-state index is 11.9. The third-order valence-corrected chi connectivity index (χ3v) is 3.94. The van der Waals surface area contributed by atoms with Gasteiger partial charge >= 0.3 is 5.97 Å². The highest BCUT2D eigenvalue weighted by atomic mass is 35.5. The van der Waals surface area contributed by atoms with E-state index in [-0.39, 0.29) is 13.0 Å². The molecule has 2 N–H and O–H groups in total. The molecule has 2 aromatic carbocycles. The highest BCUT2D eigenvalue weighted by molar-refractivity contribution is 6.42. The lowest BCUT2D eigenvalue weighted by Gasteiger charge is -2.08. The summed E-state index contributed by atoms with van der Waals surface area (Å²) < 4.78 is 4.88. The molecule has 0 atom stereocenters. The van der Waals surface area contributed by atoms with Crippen LogP contribution in [0.1, 0.15) is 23.7 Å². The standard InChI is InChI=1S/C18H16Cl2N2O4/c1-2-26-18(25)11-3-5-12(6-4-11)21-16(23)10-17(24)22-13-7-8-14(19)15(20)9-13/h3-9H,2,10H2,1H3,(H,21,23)(H,22,24). The summed E-state index contributed by atoms with van der Waals surface area (Å²) in [5.41, 5.74) is 1.28. The summed E-state index contributed by atoms with van der Waals surface area (Å²) in [6.07, 6.45) is -0.375. The molecule has 2 aromatic rings. The van der Waals surface area contributed by atoms with Gasteiger partial charge in [0.1, 0.15) is 6.42 Å². The monoisotopic (exact) mass is 394 g/mol. The van der Waals surface area contributed by atoms with Crippen LogP contribution >= 0.6 is 23.2 Å². The van der Waals surface area contributed by atoms with Gasteiger partial charge in [-0.2, -0.15) is 0 Å². The Labute approximate surface area is 160 Å². The number of nitrogens with one attached hydrogen (secondary N) is 2. The molecule has 0 saturated heterocycles. The van der Waals surface area contributed by atoms with E-state index in [2.05, 4.69) is 10.6 Å². The normalized spacial score (nSPS) is 10.1. The van der Waals surface area contributed by atoms with Crippen molar-refractivity contribution in [1.82, 2.24) is 0 Å². The van der Waals surface area contributed by atoms with Crippen LogP contribution in [0.25, 0.3) is 0 Å². The number of hydrogen-bond donors (Lipinski definition) is 2. The molecule has 0 bridgehead atoms. The molecule has 0 heterocycles. The van der Waals surface area contributed by atoms with Crippen molar-refractivity contribution in [3.63, 3.8) is 0 Å². The summed E-state index contributed by atoms with van der Waals surface area (Å²) in [6, 6.07) is 10.8. The molecular formula is C18H16Cl2N2O4. The number of halogens is 2. The van der Waals surface area contributed by atoms with Gasteiger partial charge in [-0.1, -0.05) is 23.2 Å². The minimum atomic E-state index is -0.496. The second-order valence-corrected chi connectivity index (χ2v) is 6.01. The second-order valence-electron chi connectivity index (χ2n) is 5.20. The summed E-state index contributed by atoms with van der Waals surface area (Å²) in [4.78, 5) is 35.4. The predicted molar refractivity (Wildman–Crippen MR) is 101 cm³/mol. The fraction of sp³-hybridized carbons (Fsp3) is 0.167. The molecule has 0 unspecified atom stereocenters. The van der Waals surface area contributed by atoms with E-state index in [4.69, 9.17) is 27.9 Å². The van der Waals surface area contributed by atoms with Crippen LogP contribution in [0, 0.1) is 0 Å². The van der Waals surface area contributed by atoms with Crippen molar-refractivity contribution in [3.8, 4) is 0 Å². The number of anilines is 2. The minimum Gasteiger partial charge on any atom is -0.462 e. The molecule has 8 heteroatoms. The number of hydrogen-bond acceptors (Lipinski definition) is 4. The van der Waals surface area contributed by atoms with Gasteiger partial charge in [0, 0.05) is 11.4 Å². The molecule has 0 radical (unpaired) electrons. The van der Waals surface area contributed by atoms with Crippen LogP contribution in [0.4, 0.5) is 11.4 Å². The van der Waals surface area contributed by atoms with Crippen molar-refractivity contribution in [2.75, 3.05) is 17.2 Å². The Hall–Kier alpha value is -2.57. The molecule has 0 saturated carbocycles. The van der Waals surface area contributed by atoms with Crippen molar-refractivity contribution in [2.45, 2.75) is 13.3 Å². The van der Waals surface area contributed by atoms with Crippen molar-refractivity contribution >= 4 is 52.4 Å². The highest BCUT2D eigenvalue weighted by Gasteiger charge is 2.12. The van der Waals surface area contributed by atoms with E-state index in [0.717, 1.165) is 0 Å². The Morgan fingerprint density at radius 3 is 2.04 bits per heavy atom. The van der Waals surface area contributed by atoms with E-state index in [1.807, 2.05) is 0 Å². The van der Waals surface area contributed by atoms with E-state index in [1.54, 1.807) is 31.2 Å². The zero-order valence-electron chi connectivity index (χ0n) is 13.8. The van der Waals surface area contributed by atoms with Crippen LogP contribution in [0.2, 0.25) is 10.0 Å². The minimum absolute atomic E-state index is 0.283. The first-order valence-electron chi connectivity index (χ1n) is 7.71. The Morgan fingerprint density at radius 2 is 1.46 bits per heavy atom. The molecule has 0 spiro atoms. The van der Waals surface area contributed by atoms with Gasteiger partial charge in [-0.15, -0.1) is 0 Å². The zero-order valence-corrected chi connectivity index (χ0v) is 15.4. The molecule has 0 aliphatic carbocycles. The van der Waals surface area contributed by atoms with Crippen LogP contribution in [0.15, 0.2) is 42.5 Å². The summed E-state index contributed by atoms with van der Waals surface area (Å²) in [6.45, 7) is 2.00. The molecule has 0 aliphatic heterocycles. The molecule has 136 valence electrons. The van der Waals surface area contributed by atoms with Crippen molar-refractivity contribution in [3.05, 3.63) is 58.1 Å². The zero-order chi connectivity index (χ0) is 19.1. The fourth-order valence-electron chi connectivity index (χ4n) is 2.03. The van der Waals surface area contributed by atoms with E-state index in [1.165, 1.54) is 18.2 Å². The number of esters is 1. The van der Waals surface area contributed by atoms with Gasteiger partial charge < -0.3 is 15.4 Å². The average molecular weight is 395 g/mol. The number of carbonyl (C=O) groups is 3. The third kappa shape index (κ3) is 5.75. The fourth-order valence-corrected chi connectivity index (χ4v) is 2.33. The topological polar surface area (TPSA) is 84.5 Å². The predicted octanol–water partition coefficient (Wildman–Crippen LogP) is 4.14. The lowest BCUT2D eigenvalue weighted by atomic mass is 10.2. The van der Waals surface area contributed by atoms with Crippen molar-refractivity contribution in [2.24, 2.45) is 0 Å². The Kier molecular flexibility index (Phi) is 7.00. The van der Waals surface area contributed by atoms with E-state index in [0.29, 0.717) is 27.0 Å². The first-order valence-corrected chi connectivity index (χ1v) is 8.46. The Balaban J connectivity index is 1.88. The number of amides is 2. The molecule has 26 heavy (non-hydrogen) atoms. The van der Waals surface area contributed by atoms with Gasteiger partial charge in [0.25, 0.3) is 0 Å². The summed E-state index contributed by atoms with van der Waals surface area (Å²) in [7, 11) is 0. The van der Waals surface area contributed by atoms with Crippen LogP contribution in [-0.4, -0.2) is 24.4 Å². The summed E-state index contributed by atoms with van der Waals surface area (Å²) >= 11 is 11.7. The van der Waals surface area contributed by atoms with E-state index >= 15 is 0 Å². The van der Waals surface area contributed by atoms with Crippen molar-refractivity contribution < 1.29 is 19.1 Å². The van der Waals surface area contributed by atoms with Gasteiger partial charge in [0.05, 0.1) is 22.2 Å². The van der Waals surface area contributed by atoms with E-state index in [9.17, 15) is 14.4 Å². The van der Waals surface area contributed by atoms with Crippen LogP contribution in [0.3, 0.4) is 0 Å². The molecule has 0 aromatic heterocycles. The number of benzene rings is 2. The molecule has 2 rings (SSSR count). The average Bonchev–Trinajstić information content (AvgIpc) is 2.59. The van der Waals surface area contributed by atoms with Crippen LogP contribution < -0.4 is 10.6 Å². The van der Waals surface area contributed by atoms with Crippen LogP contribution in [-0.2, 0) is 14.3 Å². The van der Waals surface area contributed by atoms with E-state index < -0.39 is 17.8 Å². The van der Waals surface area contributed by atoms with Crippen molar-refractivity contribution in [1.29, 1.82) is 0 Å². The molecule has 0 fully saturated rings. The number of ether oxygens (including phenoxy) is 1. The molecule has 0 aliphatic rings. The summed E-state index contributed by atoms with van der Waals surface area (Å²) in [5, 5.41) is 5.81. The van der Waals surface area contributed by atoms with Gasteiger partial charge in [0.15, 0.2) is 0 Å². The second kappa shape index (κ2) is 9.22. The largest absolute Gasteiger partial charge is 0.462 e. The Bertz CT molecular complexity index is 822.